The molecule has 0 radical (unpaired) electrons. The van der Waals surface area contributed by atoms with Crippen LogP contribution in [0, 0.1) is 0 Å². The van der Waals surface area contributed by atoms with Crippen molar-refractivity contribution >= 4 is 12.2 Å². The molecule has 114 valence electrons. The zero-order valence-electron chi connectivity index (χ0n) is 11.9. The second-order valence-corrected chi connectivity index (χ2v) is 3.92. The van der Waals surface area contributed by atoms with E-state index in [-0.39, 0.29) is 12.5 Å². The first-order valence-electron chi connectivity index (χ1n) is 6.69. The molecular formula is C12H29N5O2. The van der Waals surface area contributed by atoms with Gasteiger partial charge in [0.2, 0.25) is 5.91 Å². The number of amides is 1. The van der Waals surface area contributed by atoms with Gasteiger partial charge in [0.25, 0.3) is 0 Å². The molecule has 0 aliphatic carbocycles. The van der Waals surface area contributed by atoms with Crippen LogP contribution >= 0.6 is 0 Å². The van der Waals surface area contributed by atoms with Gasteiger partial charge in [-0.05, 0) is 6.42 Å². The van der Waals surface area contributed by atoms with Crippen LogP contribution in [-0.2, 0) is 9.59 Å². The Kier molecular flexibility index (Phi) is 18.1. The molecule has 7 nitrogen and oxygen atoms in total. The van der Waals surface area contributed by atoms with E-state index < -0.39 is 0 Å². The highest BCUT2D eigenvalue weighted by Gasteiger charge is 2.03. The zero-order valence-corrected chi connectivity index (χ0v) is 11.9. The Balaban J connectivity index is 0. The Morgan fingerprint density at radius 2 is 1.68 bits per heavy atom. The molecule has 0 aliphatic heterocycles. The highest BCUT2D eigenvalue weighted by atomic mass is 16.1. The summed E-state index contributed by atoms with van der Waals surface area (Å²) >= 11 is 0. The standard InChI is InChI=1S/C10H24N4O.C2H5NO/c1-2-3-10(15)13-6-9-14(7-4-11)8-5-12;3-1-2-4/h2-9,11-12H2,1H3,(H,13,15);2H,1,3H2. The predicted octanol–water partition coefficient (Wildman–Crippen LogP) is -1.73. The van der Waals surface area contributed by atoms with Crippen molar-refractivity contribution in [2.24, 2.45) is 17.2 Å². The van der Waals surface area contributed by atoms with Gasteiger partial charge >= 0.3 is 0 Å². The lowest BCUT2D eigenvalue weighted by molar-refractivity contribution is -0.121. The normalized spacial score (nSPS) is 9.74. The number of carbonyl (C=O) groups excluding carboxylic acids is 2. The third-order valence-electron chi connectivity index (χ3n) is 2.21. The maximum atomic E-state index is 11.2. The Morgan fingerprint density at radius 1 is 1.16 bits per heavy atom. The fourth-order valence-corrected chi connectivity index (χ4v) is 1.37. The molecule has 0 aromatic carbocycles. The zero-order chi connectivity index (χ0) is 14.9. The van der Waals surface area contributed by atoms with Crippen molar-refractivity contribution in [3.05, 3.63) is 0 Å². The Hall–Kier alpha value is -1.02. The second kappa shape index (κ2) is 17.0. The summed E-state index contributed by atoms with van der Waals surface area (Å²) in [6.45, 7) is 6.56. The molecule has 0 fully saturated rings. The molecule has 0 saturated heterocycles. The number of rotatable bonds is 10. The van der Waals surface area contributed by atoms with Gasteiger partial charge in [-0.3, -0.25) is 9.69 Å². The minimum absolute atomic E-state index is 0.123. The summed E-state index contributed by atoms with van der Waals surface area (Å²) in [5.74, 6) is 0.123. The summed E-state index contributed by atoms with van der Waals surface area (Å²) in [6, 6.07) is 0. The molecule has 0 saturated carbocycles. The number of carbonyl (C=O) groups is 2. The van der Waals surface area contributed by atoms with Crippen LogP contribution in [-0.4, -0.2) is 62.9 Å². The van der Waals surface area contributed by atoms with Gasteiger partial charge in [0.15, 0.2) is 0 Å². The van der Waals surface area contributed by atoms with Crippen LogP contribution in [0.1, 0.15) is 19.8 Å². The number of aldehydes is 1. The predicted molar refractivity (Wildman–Crippen MR) is 77.6 cm³/mol. The van der Waals surface area contributed by atoms with E-state index in [9.17, 15) is 4.79 Å². The fourth-order valence-electron chi connectivity index (χ4n) is 1.37. The molecule has 0 bridgehead atoms. The molecule has 0 atom stereocenters. The van der Waals surface area contributed by atoms with E-state index >= 15 is 0 Å². The van der Waals surface area contributed by atoms with Gasteiger partial charge in [0, 0.05) is 52.2 Å². The first-order valence-corrected chi connectivity index (χ1v) is 6.69. The summed E-state index contributed by atoms with van der Waals surface area (Å²) in [5, 5.41) is 2.87. The number of nitrogens with one attached hydrogen (secondary N) is 1. The van der Waals surface area contributed by atoms with Crippen molar-refractivity contribution in [2.45, 2.75) is 19.8 Å². The molecule has 1 amide bonds. The van der Waals surface area contributed by atoms with Crippen LogP contribution in [0.2, 0.25) is 0 Å². The van der Waals surface area contributed by atoms with E-state index in [1.54, 1.807) is 0 Å². The molecular weight excluding hydrogens is 246 g/mol. The first-order chi connectivity index (χ1) is 9.15. The van der Waals surface area contributed by atoms with Gasteiger partial charge in [-0.15, -0.1) is 0 Å². The van der Waals surface area contributed by atoms with E-state index in [1.807, 2.05) is 6.92 Å². The average Bonchev–Trinajstić information content (AvgIpc) is 2.40. The van der Waals surface area contributed by atoms with E-state index in [0.29, 0.717) is 32.3 Å². The minimum Gasteiger partial charge on any atom is -0.355 e. The molecule has 0 heterocycles. The van der Waals surface area contributed by atoms with Crippen molar-refractivity contribution in [3.8, 4) is 0 Å². The Labute approximate surface area is 115 Å². The Morgan fingerprint density at radius 3 is 2.05 bits per heavy atom. The van der Waals surface area contributed by atoms with Crippen molar-refractivity contribution in [2.75, 3.05) is 45.8 Å². The smallest absolute Gasteiger partial charge is 0.220 e. The fraction of sp³-hybridized carbons (Fsp3) is 0.833. The van der Waals surface area contributed by atoms with Gasteiger partial charge in [-0.25, -0.2) is 0 Å². The Bertz CT molecular complexity index is 208. The lowest BCUT2D eigenvalue weighted by atomic mass is 10.3. The van der Waals surface area contributed by atoms with Crippen LogP contribution in [0.25, 0.3) is 0 Å². The summed E-state index contributed by atoms with van der Waals surface area (Å²) in [4.78, 5) is 22.4. The molecule has 0 spiro atoms. The average molecular weight is 275 g/mol. The summed E-state index contributed by atoms with van der Waals surface area (Å²) < 4.78 is 0. The molecule has 0 aliphatic rings. The molecule has 0 aromatic heterocycles. The van der Waals surface area contributed by atoms with Gasteiger partial charge in [0.05, 0.1) is 0 Å². The molecule has 0 aromatic rings. The maximum absolute atomic E-state index is 11.2. The van der Waals surface area contributed by atoms with Crippen molar-refractivity contribution < 1.29 is 9.59 Å². The van der Waals surface area contributed by atoms with E-state index in [1.165, 1.54) is 0 Å². The quantitative estimate of drug-likeness (QED) is 0.351. The van der Waals surface area contributed by atoms with E-state index in [2.05, 4.69) is 16.0 Å². The molecule has 0 unspecified atom stereocenters. The van der Waals surface area contributed by atoms with E-state index in [0.717, 1.165) is 26.1 Å². The van der Waals surface area contributed by atoms with Crippen LogP contribution in [0.4, 0.5) is 0 Å². The van der Waals surface area contributed by atoms with Crippen molar-refractivity contribution in [1.82, 2.24) is 10.2 Å². The number of hydrogen-bond acceptors (Lipinski definition) is 6. The van der Waals surface area contributed by atoms with Gasteiger partial charge in [-0.2, -0.15) is 0 Å². The highest BCUT2D eigenvalue weighted by molar-refractivity contribution is 5.75. The monoisotopic (exact) mass is 275 g/mol. The molecule has 0 rings (SSSR count). The highest BCUT2D eigenvalue weighted by Crippen LogP contribution is 1.87. The third kappa shape index (κ3) is 17.0. The third-order valence-corrected chi connectivity index (χ3v) is 2.21. The van der Waals surface area contributed by atoms with E-state index in [4.69, 9.17) is 16.3 Å². The first kappa shape index (κ1) is 20.3. The van der Waals surface area contributed by atoms with Gasteiger partial charge < -0.3 is 27.3 Å². The van der Waals surface area contributed by atoms with Gasteiger partial charge in [-0.1, -0.05) is 6.92 Å². The van der Waals surface area contributed by atoms with Crippen LogP contribution in [0.5, 0.6) is 0 Å². The van der Waals surface area contributed by atoms with Crippen molar-refractivity contribution in [1.29, 1.82) is 0 Å². The lowest BCUT2D eigenvalue weighted by Gasteiger charge is -2.20. The van der Waals surface area contributed by atoms with Crippen LogP contribution in [0.3, 0.4) is 0 Å². The van der Waals surface area contributed by atoms with Crippen molar-refractivity contribution in [3.63, 3.8) is 0 Å². The summed E-state index contributed by atoms with van der Waals surface area (Å²) in [7, 11) is 0. The molecule has 7 heteroatoms. The lowest BCUT2D eigenvalue weighted by Crippen LogP contribution is -2.39. The summed E-state index contributed by atoms with van der Waals surface area (Å²) in [5.41, 5.74) is 15.6. The number of hydrogen-bond donors (Lipinski definition) is 4. The largest absolute Gasteiger partial charge is 0.355 e. The molecule has 19 heavy (non-hydrogen) atoms. The number of nitrogens with zero attached hydrogens (tertiary/aromatic N) is 1. The van der Waals surface area contributed by atoms with Crippen LogP contribution in [0.15, 0.2) is 0 Å². The minimum atomic E-state index is 0.123. The number of nitrogens with two attached hydrogens (primary N) is 3. The summed E-state index contributed by atoms with van der Waals surface area (Å²) in [6.07, 6.45) is 2.15. The maximum Gasteiger partial charge on any atom is 0.220 e. The second-order valence-electron chi connectivity index (χ2n) is 3.92. The topological polar surface area (TPSA) is 127 Å². The SMILES string of the molecule is CCCC(=O)NCCN(CCN)CCN.NCC=O. The molecule has 7 N–H and O–H groups in total. The van der Waals surface area contributed by atoms with Gasteiger partial charge in [0.1, 0.15) is 6.29 Å². The van der Waals surface area contributed by atoms with Crippen LogP contribution < -0.4 is 22.5 Å².